The molecule has 0 aliphatic rings. The molecule has 0 atom stereocenters. The number of aryl methyl sites for hydroxylation is 1. The van der Waals surface area contributed by atoms with E-state index in [1.807, 2.05) is 6.92 Å². The first-order valence-electron chi connectivity index (χ1n) is 9.99. The summed E-state index contributed by atoms with van der Waals surface area (Å²) in [4.78, 5) is 50.3. The number of anilines is 2. The maximum absolute atomic E-state index is 12.6. The highest BCUT2D eigenvalue weighted by atomic mass is 32.1. The van der Waals surface area contributed by atoms with Crippen LogP contribution >= 0.6 is 11.3 Å². The number of furan rings is 1. The van der Waals surface area contributed by atoms with E-state index >= 15 is 0 Å². The molecular weight excluding hydrogens is 448 g/mol. The molecule has 0 aliphatic carbocycles. The Balaban J connectivity index is 1.65. The van der Waals surface area contributed by atoms with Gasteiger partial charge in [0.15, 0.2) is 12.4 Å². The lowest BCUT2D eigenvalue weighted by atomic mass is 10.1. The van der Waals surface area contributed by atoms with E-state index < -0.39 is 30.4 Å². The second-order valence-electron chi connectivity index (χ2n) is 6.81. The van der Waals surface area contributed by atoms with Crippen LogP contribution in [0.5, 0.6) is 0 Å². The predicted octanol–water partition coefficient (Wildman–Crippen LogP) is 4.18. The second-order valence-corrected chi connectivity index (χ2v) is 8.03. The molecule has 1 aromatic carbocycles. The van der Waals surface area contributed by atoms with Gasteiger partial charge in [-0.25, -0.2) is 9.59 Å². The number of nitrogens with one attached hydrogen (secondary N) is 2. The fraction of sp³-hybridized carbons (Fsp3) is 0.217. The standard InChI is InChI=1S/C23H22N2O7S/c1-4-30-23(29)19-13(2)14(3)33-21(19)25-18(26)12-32-22(28)15-8-5-6-9-16(15)24-20(27)17-10-7-11-31-17/h5-11H,4,12H2,1-3H3,(H,24,27)(H,25,26). The lowest BCUT2D eigenvalue weighted by molar-refractivity contribution is -0.119. The third-order valence-electron chi connectivity index (χ3n) is 4.59. The van der Waals surface area contributed by atoms with E-state index in [1.165, 1.54) is 35.8 Å². The summed E-state index contributed by atoms with van der Waals surface area (Å²) < 4.78 is 15.2. The highest BCUT2D eigenvalue weighted by molar-refractivity contribution is 7.16. The first-order valence-corrected chi connectivity index (χ1v) is 10.8. The molecule has 3 aromatic rings. The Kier molecular flexibility index (Phi) is 7.62. The van der Waals surface area contributed by atoms with Gasteiger partial charge < -0.3 is 24.5 Å². The van der Waals surface area contributed by atoms with Gasteiger partial charge in [0.1, 0.15) is 5.00 Å². The second kappa shape index (κ2) is 10.6. The van der Waals surface area contributed by atoms with Gasteiger partial charge in [-0.2, -0.15) is 0 Å². The zero-order chi connectivity index (χ0) is 24.0. The molecule has 0 unspecified atom stereocenters. The fourth-order valence-electron chi connectivity index (χ4n) is 2.90. The molecule has 0 bridgehead atoms. The molecule has 9 nitrogen and oxygen atoms in total. The van der Waals surface area contributed by atoms with Crippen molar-refractivity contribution in [1.82, 2.24) is 0 Å². The normalized spacial score (nSPS) is 10.4. The van der Waals surface area contributed by atoms with Crippen LogP contribution in [0, 0.1) is 13.8 Å². The molecule has 2 N–H and O–H groups in total. The summed E-state index contributed by atoms with van der Waals surface area (Å²) in [6.45, 7) is 4.90. The maximum Gasteiger partial charge on any atom is 0.341 e. The van der Waals surface area contributed by atoms with E-state index in [0.717, 1.165) is 4.88 Å². The van der Waals surface area contributed by atoms with Crippen molar-refractivity contribution in [3.8, 4) is 0 Å². The Morgan fingerprint density at radius 1 is 0.970 bits per heavy atom. The van der Waals surface area contributed by atoms with Gasteiger partial charge in [-0.15, -0.1) is 11.3 Å². The number of thiophene rings is 1. The molecule has 2 aromatic heterocycles. The molecule has 2 heterocycles. The van der Waals surface area contributed by atoms with Crippen molar-refractivity contribution in [2.45, 2.75) is 20.8 Å². The first-order chi connectivity index (χ1) is 15.8. The zero-order valence-corrected chi connectivity index (χ0v) is 19.0. The summed E-state index contributed by atoms with van der Waals surface area (Å²) in [6.07, 6.45) is 1.36. The zero-order valence-electron chi connectivity index (χ0n) is 18.2. The van der Waals surface area contributed by atoms with Crippen molar-refractivity contribution in [1.29, 1.82) is 0 Å². The molecule has 172 valence electrons. The van der Waals surface area contributed by atoms with Crippen LogP contribution in [0.3, 0.4) is 0 Å². The minimum atomic E-state index is -0.801. The Labute approximate surface area is 193 Å². The largest absolute Gasteiger partial charge is 0.462 e. The third kappa shape index (κ3) is 5.66. The number of ether oxygens (including phenoxy) is 2. The van der Waals surface area contributed by atoms with Gasteiger partial charge in [-0.3, -0.25) is 9.59 Å². The van der Waals surface area contributed by atoms with Crippen LogP contribution in [0.1, 0.15) is 48.6 Å². The number of amides is 2. The lowest BCUT2D eigenvalue weighted by Gasteiger charge is -2.11. The minimum Gasteiger partial charge on any atom is -0.462 e. The molecule has 3 rings (SSSR count). The highest BCUT2D eigenvalue weighted by Gasteiger charge is 2.23. The Morgan fingerprint density at radius 2 is 1.73 bits per heavy atom. The van der Waals surface area contributed by atoms with E-state index in [1.54, 1.807) is 32.0 Å². The highest BCUT2D eigenvalue weighted by Crippen LogP contribution is 2.33. The number of esters is 2. The minimum absolute atomic E-state index is 0.0697. The Hall–Kier alpha value is -3.92. The number of benzene rings is 1. The summed E-state index contributed by atoms with van der Waals surface area (Å²) in [5.41, 5.74) is 1.27. The van der Waals surface area contributed by atoms with Crippen molar-refractivity contribution in [3.63, 3.8) is 0 Å². The molecule has 0 spiro atoms. The molecule has 0 radical (unpaired) electrons. The van der Waals surface area contributed by atoms with Crippen molar-refractivity contribution in [2.24, 2.45) is 0 Å². The number of hydrogen-bond acceptors (Lipinski definition) is 8. The van der Waals surface area contributed by atoms with Crippen LogP contribution in [-0.4, -0.2) is 37.0 Å². The van der Waals surface area contributed by atoms with E-state index in [-0.39, 0.29) is 29.2 Å². The number of carbonyl (C=O) groups excluding carboxylic acids is 4. The summed E-state index contributed by atoms with van der Waals surface area (Å²) in [5, 5.41) is 5.51. The van der Waals surface area contributed by atoms with Crippen LogP contribution in [0.4, 0.5) is 10.7 Å². The monoisotopic (exact) mass is 470 g/mol. The number of hydrogen-bond donors (Lipinski definition) is 2. The van der Waals surface area contributed by atoms with Gasteiger partial charge in [0, 0.05) is 4.88 Å². The van der Waals surface area contributed by atoms with Crippen molar-refractivity contribution in [2.75, 3.05) is 23.8 Å². The molecule has 10 heteroatoms. The molecule has 33 heavy (non-hydrogen) atoms. The van der Waals surface area contributed by atoms with Gasteiger partial charge in [0.25, 0.3) is 11.8 Å². The SMILES string of the molecule is CCOC(=O)c1c(NC(=O)COC(=O)c2ccccc2NC(=O)c2ccco2)sc(C)c1C. The lowest BCUT2D eigenvalue weighted by Crippen LogP contribution is -2.22. The van der Waals surface area contributed by atoms with E-state index in [9.17, 15) is 19.2 Å². The van der Waals surface area contributed by atoms with Gasteiger partial charge in [-0.05, 0) is 50.6 Å². The molecule has 0 aliphatic heterocycles. The van der Waals surface area contributed by atoms with E-state index in [2.05, 4.69) is 10.6 Å². The van der Waals surface area contributed by atoms with E-state index in [0.29, 0.717) is 10.6 Å². The van der Waals surface area contributed by atoms with Crippen LogP contribution in [0.25, 0.3) is 0 Å². The fourth-order valence-corrected chi connectivity index (χ4v) is 3.96. The molecular formula is C23H22N2O7S. The Bertz CT molecular complexity index is 1180. The summed E-state index contributed by atoms with van der Waals surface area (Å²) in [6, 6.07) is 9.28. The Morgan fingerprint density at radius 3 is 2.42 bits per heavy atom. The summed E-state index contributed by atoms with van der Waals surface area (Å²) in [7, 11) is 0. The van der Waals surface area contributed by atoms with Gasteiger partial charge in [-0.1, -0.05) is 12.1 Å². The maximum atomic E-state index is 12.6. The molecule has 0 saturated heterocycles. The summed E-state index contributed by atoms with van der Waals surface area (Å²) >= 11 is 1.23. The van der Waals surface area contributed by atoms with Gasteiger partial charge in [0.05, 0.1) is 29.7 Å². The smallest absolute Gasteiger partial charge is 0.341 e. The quantitative estimate of drug-likeness (QED) is 0.473. The van der Waals surface area contributed by atoms with Crippen LogP contribution in [0.15, 0.2) is 47.1 Å². The van der Waals surface area contributed by atoms with Crippen LogP contribution in [0.2, 0.25) is 0 Å². The van der Waals surface area contributed by atoms with Crippen molar-refractivity contribution >= 4 is 45.8 Å². The van der Waals surface area contributed by atoms with Crippen molar-refractivity contribution < 1.29 is 33.1 Å². The number of rotatable bonds is 8. The third-order valence-corrected chi connectivity index (χ3v) is 5.72. The summed E-state index contributed by atoms with van der Waals surface area (Å²) in [5.74, 6) is -2.41. The molecule has 0 fully saturated rings. The predicted molar refractivity (Wildman–Crippen MR) is 122 cm³/mol. The van der Waals surface area contributed by atoms with Crippen molar-refractivity contribution in [3.05, 3.63) is 70.0 Å². The van der Waals surface area contributed by atoms with Gasteiger partial charge >= 0.3 is 11.9 Å². The van der Waals surface area contributed by atoms with Gasteiger partial charge in [0.2, 0.25) is 0 Å². The number of carbonyl (C=O) groups is 4. The average molecular weight is 471 g/mol. The molecule has 0 saturated carbocycles. The topological polar surface area (TPSA) is 124 Å². The first kappa shape index (κ1) is 23.7. The van der Waals surface area contributed by atoms with Crippen LogP contribution in [-0.2, 0) is 14.3 Å². The average Bonchev–Trinajstić information content (AvgIpc) is 3.41. The van der Waals surface area contributed by atoms with E-state index in [4.69, 9.17) is 13.9 Å². The van der Waals surface area contributed by atoms with Crippen LogP contribution < -0.4 is 10.6 Å². The number of para-hydroxylation sites is 1. The molecule has 2 amide bonds.